The predicted octanol–water partition coefficient (Wildman–Crippen LogP) is 33.0. The van der Waals surface area contributed by atoms with Crippen molar-refractivity contribution < 1.29 is 0 Å². The van der Waals surface area contributed by atoms with Gasteiger partial charge < -0.3 is 28.7 Å². The number of pyridine rings is 2. The molecule has 25 rings (SSSR count). The number of para-hydroxylation sites is 8. The molecule has 0 N–H and O–H groups in total. The third kappa shape index (κ3) is 12.9. The molecule has 8 nitrogen and oxygen atoms in total. The van der Waals surface area contributed by atoms with Gasteiger partial charge in [-0.1, -0.05) is 261 Å². The molecule has 0 saturated carbocycles. The largest absolute Gasteiger partial charge is 0.311 e. The molecular weight excluding hydrogens is 1550 g/mol. The number of rotatable bonds is 17. The molecule has 0 saturated heterocycles. The summed E-state index contributed by atoms with van der Waals surface area (Å²) in [6.45, 7) is 0. The molecule has 4 heterocycles. The highest BCUT2D eigenvalue weighted by Gasteiger charge is 2.26. The molecule has 25 aromatic rings. The fraction of sp³-hybridized carbons (Fsp3) is 0. The van der Waals surface area contributed by atoms with Gasteiger partial charge in [-0.2, -0.15) is 0 Å². The molecule has 0 aliphatic carbocycles. The van der Waals surface area contributed by atoms with Gasteiger partial charge in [0.25, 0.3) is 0 Å². The van der Waals surface area contributed by atoms with E-state index < -0.39 is 0 Å². The topological polar surface area (TPSA) is 48.6 Å². The monoisotopic (exact) mass is 1630 g/mol. The van der Waals surface area contributed by atoms with Crippen molar-refractivity contribution in [2.24, 2.45) is 0 Å². The van der Waals surface area contributed by atoms with Crippen LogP contribution in [-0.4, -0.2) is 19.1 Å². The van der Waals surface area contributed by atoms with Crippen molar-refractivity contribution in [1.29, 1.82) is 0 Å². The predicted molar refractivity (Wildman–Crippen MR) is 540 cm³/mol. The number of fused-ring (bicyclic) bond motifs is 8. The van der Waals surface area contributed by atoms with Gasteiger partial charge >= 0.3 is 0 Å². The van der Waals surface area contributed by atoms with Gasteiger partial charge in [0.15, 0.2) is 0 Å². The molecule has 0 bridgehead atoms. The smallest absolute Gasteiger partial charge is 0.0620 e. The molecular formula is C120H80N8. The van der Waals surface area contributed by atoms with E-state index >= 15 is 0 Å². The molecule has 0 spiro atoms. The van der Waals surface area contributed by atoms with Crippen LogP contribution in [0.4, 0.5) is 68.2 Å². The molecule has 128 heavy (non-hydrogen) atoms. The summed E-state index contributed by atoms with van der Waals surface area (Å²) in [5.74, 6) is 0. The van der Waals surface area contributed by atoms with Crippen LogP contribution in [0.15, 0.2) is 486 Å². The lowest BCUT2D eigenvalue weighted by atomic mass is 9.88. The van der Waals surface area contributed by atoms with Crippen LogP contribution in [0.25, 0.3) is 153 Å². The molecule has 0 atom stereocenters. The van der Waals surface area contributed by atoms with E-state index in [-0.39, 0.29) is 0 Å². The Morgan fingerprint density at radius 2 is 0.445 bits per heavy atom. The molecule has 0 amide bonds. The Bertz CT molecular complexity index is 8220. The summed E-state index contributed by atoms with van der Waals surface area (Å²) in [6, 6.07) is 167. The first kappa shape index (κ1) is 74.6. The lowest BCUT2D eigenvalue weighted by Gasteiger charge is -2.26. The van der Waals surface area contributed by atoms with Crippen LogP contribution >= 0.6 is 0 Å². The molecule has 0 unspecified atom stereocenters. The van der Waals surface area contributed by atoms with Gasteiger partial charge in [-0.05, 0) is 287 Å². The zero-order chi connectivity index (χ0) is 84.5. The fourth-order valence-corrected chi connectivity index (χ4v) is 19.9. The van der Waals surface area contributed by atoms with Crippen LogP contribution < -0.4 is 19.6 Å². The van der Waals surface area contributed by atoms with Crippen molar-refractivity contribution in [2.45, 2.75) is 0 Å². The highest BCUT2D eigenvalue weighted by Crippen LogP contribution is 2.51. The van der Waals surface area contributed by atoms with E-state index in [1.54, 1.807) is 0 Å². The van der Waals surface area contributed by atoms with E-state index in [0.717, 1.165) is 85.1 Å². The van der Waals surface area contributed by atoms with Gasteiger partial charge in [0.05, 0.1) is 22.1 Å². The number of nitrogens with zero attached hydrogens (tertiary/aromatic N) is 8. The Labute approximate surface area is 740 Å². The van der Waals surface area contributed by atoms with Crippen LogP contribution in [0.5, 0.6) is 0 Å². The number of hydrogen-bond acceptors (Lipinski definition) is 6. The highest BCUT2D eigenvalue weighted by atomic mass is 15.2. The average molecular weight is 1630 g/mol. The lowest BCUT2D eigenvalue weighted by Crippen LogP contribution is -2.09. The Morgan fingerprint density at radius 1 is 0.164 bits per heavy atom. The Morgan fingerprint density at radius 3 is 0.844 bits per heavy atom. The van der Waals surface area contributed by atoms with Gasteiger partial charge in [0.2, 0.25) is 0 Å². The van der Waals surface area contributed by atoms with E-state index in [1.807, 2.05) is 24.8 Å². The second kappa shape index (κ2) is 31.6. The number of benzene rings is 21. The van der Waals surface area contributed by atoms with Crippen LogP contribution in [0, 0.1) is 0 Å². The second-order valence-corrected chi connectivity index (χ2v) is 32.8. The summed E-state index contributed by atoms with van der Waals surface area (Å²) in [5.41, 5.74) is 27.5. The maximum atomic E-state index is 4.32. The number of hydrogen-bond donors (Lipinski definition) is 0. The molecule has 0 radical (unpaired) electrons. The van der Waals surface area contributed by atoms with Gasteiger partial charge in [-0.3, -0.25) is 9.97 Å². The van der Waals surface area contributed by atoms with Gasteiger partial charge in [0, 0.05) is 137 Å². The minimum atomic E-state index is 1.03. The molecule has 0 fully saturated rings. The Balaban J connectivity index is 0.000000143. The Kier molecular flexibility index (Phi) is 18.4. The van der Waals surface area contributed by atoms with E-state index in [0.29, 0.717) is 0 Å². The van der Waals surface area contributed by atoms with E-state index in [1.165, 1.54) is 136 Å². The second-order valence-electron chi connectivity index (χ2n) is 32.8. The van der Waals surface area contributed by atoms with Crippen molar-refractivity contribution in [3.05, 3.63) is 486 Å². The van der Waals surface area contributed by atoms with E-state index in [4.69, 9.17) is 0 Å². The summed E-state index contributed by atoms with van der Waals surface area (Å²) in [5, 5.41) is 20.0. The first-order valence-corrected chi connectivity index (χ1v) is 43.6. The molecule has 0 aliphatic rings. The number of aromatic nitrogens is 4. The average Bonchev–Trinajstić information content (AvgIpc) is 1.50. The zero-order valence-electron chi connectivity index (χ0n) is 69.8. The Hall–Kier alpha value is -17.2. The first-order chi connectivity index (χ1) is 63.5. The minimum Gasteiger partial charge on any atom is -0.311 e. The summed E-state index contributed by atoms with van der Waals surface area (Å²) in [4.78, 5) is 17.9. The highest BCUT2D eigenvalue weighted by molar-refractivity contribution is 6.35. The maximum absolute atomic E-state index is 4.32. The summed E-state index contributed by atoms with van der Waals surface area (Å²) >= 11 is 0. The van der Waals surface area contributed by atoms with Gasteiger partial charge in [-0.15, -0.1) is 0 Å². The third-order valence-corrected chi connectivity index (χ3v) is 25.5. The third-order valence-electron chi connectivity index (χ3n) is 25.5. The molecule has 4 aromatic heterocycles. The SMILES string of the molecule is c1ccc(N(c2ccccc2)c2ccc(-c3ccc4ccc5c6c(ccc3c46)cc3c4cc(-c6cccc(N(c7ccccc7)c7ccccc7)c6)ccc4n(-c4ccccc4)c35)cc2)cc1.c1ccc(N(c2ccccc2)c2ccc(-c3ccc4ccc5c6c(ccc3c46)cc3c4cc(N(c6ccncc6)c6ccncc6)ccc4n(-c4ccccc4)c35)cc2)cc1. The van der Waals surface area contributed by atoms with Crippen LogP contribution in [0.2, 0.25) is 0 Å². The van der Waals surface area contributed by atoms with Crippen molar-refractivity contribution >= 4 is 176 Å². The summed E-state index contributed by atoms with van der Waals surface area (Å²) < 4.78 is 4.93. The zero-order valence-corrected chi connectivity index (χ0v) is 69.8. The van der Waals surface area contributed by atoms with Crippen LogP contribution in [-0.2, 0) is 0 Å². The summed E-state index contributed by atoms with van der Waals surface area (Å²) in [6.07, 6.45) is 7.38. The summed E-state index contributed by atoms with van der Waals surface area (Å²) in [7, 11) is 0. The normalized spacial score (nSPS) is 11.6. The molecule has 0 aliphatic heterocycles. The minimum absolute atomic E-state index is 1.03. The lowest BCUT2D eigenvalue weighted by molar-refractivity contribution is 1.18. The maximum Gasteiger partial charge on any atom is 0.0620 e. The van der Waals surface area contributed by atoms with Crippen molar-refractivity contribution in [2.75, 3.05) is 19.6 Å². The standard InChI is InChI=1S/C64H43N3.C56H37N5/c1-6-18-49(19-7-1)65(50-20-8-2-9-21-50)54-35-29-44(30-36-54)56-37-31-45-32-39-58-63-48(33-38-57(56)62(45)63)43-60-59-42-47(34-40-61(59)67(64(58)60)53-26-14-5-15-27-53)46-17-16-28-55(41-46)66(51-22-10-3-11-23-51)52-24-12-4-13-25-52;1-4-10-41(11-5-1)59(42-12-6-2-7-13-42)44-21-16-38(17-22-44)48-24-18-39-19-26-50-55-40(20-25-49(48)54(39)55)36-52-51-37-47(23-27-53(51)61(56(50)52)43-14-8-3-9-15-43)60(45-28-32-57-33-29-45)46-30-34-58-35-31-46/h1-43H;1-37H. The number of anilines is 12. The van der Waals surface area contributed by atoms with E-state index in [2.05, 4.69) is 500 Å². The first-order valence-electron chi connectivity index (χ1n) is 43.6. The van der Waals surface area contributed by atoms with Gasteiger partial charge in [-0.25, -0.2) is 0 Å². The molecule has 21 aromatic carbocycles. The van der Waals surface area contributed by atoms with E-state index in [9.17, 15) is 0 Å². The van der Waals surface area contributed by atoms with Crippen molar-refractivity contribution in [3.8, 4) is 44.8 Å². The van der Waals surface area contributed by atoms with Crippen LogP contribution in [0.1, 0.15) is 0 Å². The molecule has 600 valence electrons. The fourth-order valence-electron chi connectivity index (χ4n) is 19.9. The van der Waals surface area contributed by atoms with Crippen LogP contribution in [0.3, 0.4) is 0 Å². The van der Waals surface area contributed by atoms with Gasteiger partial charge in [0.1, 0.15) is 0 Å². The van der Waals surface area contributed by atoms with Crippen molar-refractivity contribution in [1.82, 2.24) is 19.1 Å². The quantitative estimate of drug-likeness (QED) is 0.0847. The molecule has 8 heteroatoms. The van der Waals surface area contributed by atoms with Crippen molar-refractivity contribution in [3.63, 3.8) is 0 Å².